The zero-order valence-corrected chi connectivity index (χ0v) is 10.6. The highest BCUT2D eigenvalue weighted by Crippen LogP contribution is 2.29. The van der Waals surface area contributed by atoms with Crippen molar-refractivity contribution in [2.45, 2.75) is 45.6 Å². The van der Waals surface area contributed by atoms with E-state index in [2.05, 4.69) is 13.8 Å². The average molecular weight is 242 g/mol. The topological polar surface area (TPSA) is 83.6 Å². The molecule has 0 aromatic carbocycles. The maximum Gasteiger partial charge on any atom is 0.305 e. The maximum atomic E-state index is 11.9. The highest BCUT2D eigenvalue weighted by atomic mass is 16.4. The van der Waals surface area contributed by atoms with E-state index < -0.39 is 12.0 Å². The Labute approximate surface area is 102 Å². The summed E-state index contributed by atoms with van der Waals surface area (Å²) < 4.78 is 0. The van der Waals surface area contributed by atoms with Crippen LogP contribution in [0.5, 0.6) is 0 Å². The van der Waals surface area contributed by atoms with Crippen molar-refractivity contribution in [3.63, 3.8) is 0 Å². The van der Waals surface area contributed by atoms with Gasteiger partial charge in [0.25, 0.3) is 0 Å². The van der Waals surface area contributed by atoms with Crippen molar-refractivity contribution in [3.05, 3.63) is 0 Å². The molecule has 1 aliphatic heterocycles. The van der Waals surface area contributed by atoms with Crippen LogP contribution in [0.4, 0.5) is 0 Å². The second-order valence-electron chi connectivity index (χ2n) is 5.55. The normalized spacial score (nSPS) is 21.7. The summed E-state index contributed by atoms with van der Waals surface area (Å²) in [6.45, 7) is 5.76. The molecule has 1 amide bonds. The smallest absolute Gasteiger partial charge is 0.305 e. The molecule has 1 saturated heterocycles. The highest BCUT2D eigenvalue weighted by molar-refractivity contribution is 5.86. The Hall–Kier alpha value is -1.10. The predicted molar refractivity (Wildman–Crippen MR) is 64.4 cm³/mol. The van der Waals surface area contributed by atoms with E-state index in [1.165, 1.54) is 0 Å². The van der Waals surface area contributed by atoms with Gasteiger partial charge < -0.3 is 15.7 Å². The van der Waals surface area contributed by atoms with Crippen LogP contribution in [0.1, 0.15) is 39.5 Å². The fourth-order valence-electron chi connectivity index (χ4n) is 2.15. The van der Waals surface area contributed by atoms with Crippen molar-refractivity contribution in [2.24, 2.45) is 11.1 Å². The fraction of sp³-hybridized carbons (Fsp3) is 0.833. The number of carboxylic acids is 1. The Balaban J connectivity index is 2.55. The van der Waals surface area contributed by atoms with E-state index in [4.69, 9.17) is 10.8 Å². The van der Waals surface area contributed by atoms with Gasteiger partial charge in [-0.15, -0.1) is 0 Å². The second kappa shape index (κ2) is 5.49. The largest absolute Gasteiger partial charge is 0.481 e. The predicted octanol–water partition coefficient (Wildman–Crippen LogP) is 0.827. The Bertz CT molecular complexity index is 302. The molecular formula is C12H22N2O3. The van der Waals surface area contributed by atoms with Gasteiger partial charge in [0.05, 0.1) is 12.5 Å². The Morgan fingerprint density at radius 3 is 2.59 bits per heavy atom. The van der Waals surface area contributed by atoms with E-state index in [1.807, 2.05) is 0 Å². The number of rotatable bonds is 3. The number of aliphatic carboxylic acids is 1. The standard InChI is InChI=1S/C12H22N2O3/c1-12(2)4-3-6-14(7-5-12)11(17)9(13)8-10(15)16/h9H,3-8,13H2,1-2H3,(H,15,16). The summed E-state index contributed by atoms with van der Waals surface area (Å²) in [6.07, 6.45) is 2.70. The molecule has 1 atom stereocenters. The molecule has 5 heteroatoms. The summed E-state index contributed by atoms with van der Waals surface area (Å²) in [5.41, 5.74) is 5.85. The third-order valence-electron chi connectivity index (χ3n) is 3.36. The van der Waals surface area contributed by atoms with Gasteiger partial charge >= 0.3 is 5.97 Å². The van der Waals surface area contributed by atoms with Gasteiger partial charge in [-0.25, -0.2) is 0 Å². The van der Waals surface area contributed by atoms with Gasteiger partial charge in [0.2, 0.25) is 5.91 Å². The number of hydrogen-bond acceptors (Lipinski definition) is 3. The first-order valence-corrected chi connectivity index (χ1v) is 6.08. The van der Waals surface area contributed by atoms with Crippen LogP contribution >= 0.6 is 0 Å². The van der Waals surface area contributed by atoms with E-state index >= 15 is 0 Å². The fourth-order valence-corrected chi connectivity index (χ4v) is 2.15. The van der Waals surface area contributed by atoms with Crippen LogP contribution in [0.25, 0.3) is 0 Å². The monoisotopic (exact) mass is 242 g/mol. The molecule has 1 fully saturated rings. The minimum absolute atomic E-state index is 0.231. The van der Waals surface area contributed by atoms with Gasteiger partial charge in [-0.3, -0.25) is 9.59 Å². The second-order valence-corrected chi connectivity index (χ2v) is 5.55. The van der Waals surface area contributed by atoms with E-state index in [9.17, 15) is 9.59 Å². The Morgan fingerprint density at radius 2 is 2.00 bits per heavy atom. The van der Waals surface area contributed by atoms with Gasteiger partial charge in [-0.1, -0.05) is 13.8 Å². The number of likely N-dealkylation sites (tertiary alicyclic amines) is 1. The van der Waals surface area contributed by atoms with Crippen molar-refractivity contribution in [1.82, 2.24) is 4.90 Å². The highest BCUT2D eigenvalue weighted by Gasteiger charge is 2.28. The van der Waals surface area contributed by atoms with Crippen LogP contribution in [-0.2, 0) is 9.59 Å². The molecule has 0 aromatic rings. The molecular weight excluding hydrogens is 220 g/mol. The number of amides is 1. The molecule has 17 heavy (non-hydrogen) atoms. The molecule has 5 nitrogen and oxygen atoms in total. The van der Waals surface area contributed by atoms with Crippen LogP contribution in [0.2, 0.25) is 0 Å². The van der Waals surface area contributed by atoms with Crippen LogP contribution in [-0.4, -0.2) is 41.0 Å². The lowest BCUT2D eigenvalue weighted by Crippen LogP contribution is -2.45. The molecule has 0 bridgehead atoms. The first-order chi connectivity index (χ1) is 7.82. The number of nitrogens with zero attached hydrogens (tertiary/aromatic N) is 1. The molecule has 0 aliphatic carbocycles. The number of carbonyl (C=O) groups excluding carboxylic acids is 1. The molecule has 1 unspecified atom stereocenters. The van der Waals surface area contributed by atoms with Gasteiger partial charge in [0.1, 0.15) is 0 Å². The van der Waals surface area contributed by atoms with Gasteiger partial charge in [0, 0.05) is 13.1 Å². The molecule has 0 radical (unpaired) electrons. The van der Waals surface area contributed by atoms with Crippen molar-refractivity contribution in [3.8, 4) is 0 Å². The molecule has 1 aliphatic rings. The van der Waals surface area contributed by atoms with Crippen LogP contribution in [0.15, 0.2) is 0 Å². The van der Waals surface area contributed by atoms with Crippen LogP contribution < -0.4 is 5.73 Å². The summed E-state index contributed by atoms with van der Waals surface area (Å²) in [5, 5.41) is 8.62. The van der Waals surface area contributed by atoms with Gasteiger partial charge in [-0.05, 0) is 24.7 Å². The lowest BCUT2D eigenvalue weighted by Gasteiger charge is -2.25. The summed E-state index contributed by atoms with van der Waals surface area (Å²) in [6, 6.07) is -0.909. The summed E-state index contributed by atoms with van der Waals surface area (Å²) in [5.74, 6) is -1.26. The first kappa shape index (κ1) is 14.0. The van der Waals surface area contributed by atoms with Crippen molar-refractivity contribution < 1.29 is 14.7 Å². The van der Waals surface area contributed by atoms with E-state index in [0.29, 0.717) is 13.1 Å². The zero-order valence-electron chi connectivity index (χ0n) is 10.6. The number of hydrogen-bond donors (Lipinski definition) is 2. The van der Waals surface area contributed by atoms with E-state index in [1.54, 1.807) is 4.90 Å². The van der Waals surface area contributed by atoms with Crippen molar-refractivity contribution in [1.29, 1.82) is 0 Å². The lowest BCUT2D eigenvalue weighted by atomic mass is 9.85. The van der Waals surface area contributed by atoms with Gasteiger partial charge in [-0.2, -0.15) is 0 Å². The minimum Gasteiger partial charge on any atom is -0.481 e. The van der Waals surface area contributed by atoms with E-state index in [-0.39, 0.29) is 17.7 Å². The zero-order chi connectivity index (χ0) is 13.1. The summed E-state index contributed by atoms with van der Waals surface area (Å²) in [4.78, 5) is 24.2. The third-order valence-corrected chi connectivity index (χ3v) is 3.36. The minimum atomic E-state index is -1.03. The summed E-state index contributed by atoms with van der Waals surface area (Å²) in [7, 11) is 0. The van der Waals surface area contributed by atoms with Crippen molar-refractivity contribution >= 4 is 11.9 Å². The summed E-state index contributed by atoms with van der Waals surface area (Å²) >= 11 is 0. The van der Waals surface area contributed by atoms with Gasteiger partial charge in [0.15, 0.2) is 0 Å². The Kier molecular flexibility index (Phi) is 4.51. The molecule has 0 spiro atoms. The third kappa shape index (κ3) is 4.34. The molecule has 98 valence electrons. The number of carbonyl (C=O) groups is 2. The molecule has 1 heterocycles. The van der Waals surface area contributed by atoms with Crippen LogP contribution in [0.3, 0.4) is 0 Å². The molecule has 3 N–H and O–H groups in total. The molecule has 0 aromatic heterocycles. The molecule has 1 rings (SSSR count). The van der Waals surface area contributed by atoms with E-state index in [0.717, 1.165) is 19.3 Å². The number of carboxylic acid groups (broad SMARTS) is 1. The Morgan fingerprint density at radius 1 is 1.35 bits per heavy atom. The lowest BCUT2D eigenvalue weighted by molar-refractivity contribution is -0.142. The van der Waals surface area contributed by atoms with Crippen LogP contribution in [0, 0.1) is 5.41 Å². The average Bonchev–Trinajstić information content (AvgIpc) is 2.37. The first-order valence-electron chi connectivity index (χ1n) is 6.08. The maximum absolute atomic E-state index is 11.9. The SMILES string of the molecule is CC1(C)CCCN(C(=O)C(N)CC(=O)O)CC1. The number of nitrogens with two attached hydrogens (primary N) is 1. The van der Waals surface area contributed by atoms with Crippen molar-refractivity contribution in [2.75, 3.05) is 13.1 Å². The molecule has 0 saturated carbocycles. The quantitative estimate of drug-likeness (QED) is 0.767.